The number of phenols is 1. The van der Waals surface area contributed by atoms with Gasteiger partial charge in [-0.1, -0.05) is 0 Å². The van der Waals surface area contributed by atoms with Gasteiger partial charge in [0.05, 0.1) is 36.1 Å². The summed E-state index contributed by atoms with van der Waals surface area (Å²) in [7, 11) is 0. The lowest BCUT2D eigenvalue weighted by Gasteiger charge is -2.20. The van der Waals surface area contributed by atoms with Gasteiger partial charge in [-0.2, -0.15) is 0 Å². The zero-order chi connectivity index (χ0) is 9.54. The van der Waals surface area contributed by atoms with Gasteiger partial charge in [0.2, 0.25) is 0 Å². The summed E-state index contributed by atoms with van der Waals surface area (Å²) in [5.41, 5.74) is 3.10. The zero-order valence-electron chi connectivity index (χ0n) is 7.44. The van der Waals surface area contributed by atoms with Crippen LogP contribution in [0.4, 0.5) is 5.69 Å². The van der Waals surface area contributed by atoms with Crippen molar-refractivity contribution in [3.05, 3.63) is 36.4 Å². The minimum absolute atomic E-state index is 0.278. The molecule has 4 nitrogen and oxygen atoms in total. The summed E-state index contributed by atoms with van der Waals surface area (Å²) in [6.07, 6.45) is 3.62. The first-order chi connectivity index (χ1) is 6.84. The molecule has 0 radical (unpaired) electrons. The molecule has 1 aliphatic heterocycles. The molecule has 0 amide bonds. The quantitative estimate of drug-likeness (QED) is 0.657. The van der Waals surface area contributed by atoms with E-state index in [0.29, 0.717) is 0 Å². The minimum Gasteiger partial charge on any atom is -0.508 e. The Bertz CT molecular complexity index is 490. The van der Waals surface area contributed by atoms with Crippen LogP contribution in [-0.4, -0.2) is 14.7 Å². The van der Waals surface area contributed by atoms with E-state index < -0.39 is 0 Å². The molecule has 1 aromatic heterocycles. The molecule has 1 aromatic carbocycles. The Morgan fingerprint density at radius 1 is 1.43 bits per heavy atom. The molecule has 0 saturated heterocycles. The molecule has 0 aliphatic carbocycles. The highest BCUT2D eigenvalue weighted by molar-refractivity contribution is 5.66. The van der Waals surface area contributed by atoms with Gasteiger partial charge in [-0.3, -0.25) is 4.57 Å². The Morgan fingerprint density at radius 2 is 2.36 bits per heavy atom. The Kier molecular flexibility index (Phi) is 1.33. The molecule has 1 aliphatic rings. The number of aromatic hydroxyl groups is 1. The van der Waals surface area contributed by atoms with Gasteiger partial charge in [0.15, 0.2) is 0 Å². The second kappa shape index (κ2) is 2.51. The molecule has 70 valence electrons. The van der Waals surface area contributed by atoms with E-state index in [0.717, 1.165) is 23.6 Å². The molecular formula is C10H9N3O. The molecule has 4 heteroatoms. The number of benzene rings is 1. The number of hydrogen-bond donors (Lipinski definition) is 2. The normalized spacial score (nSPS) is 12.9. The van der Waals surface area contributed by atoms with E-state index in [1.807, 2.05) is 16.8 Å². The number of imidazole rings is 1. The lowest BCUT2D eigenvalue weighted by molar-refractivity contribution is 0.475. The summed E-state index contributed by atoms with van der Waals surface area (Å²) in [6, 6.07) is 5.27. The fourth-order valence-corrected chi connectivity index (χ4v) is 1.73. The van der Waals surface area contributed by atoms with Gasteiger partial charge in [-0.25, -0.2) is 4.98 Å². The van der Waals surface area contributed by atoms with Crippen molar-refractivity contribution in [3.8, 4) is 11.4 Å². The fourth-order valence-electron chi connectivity index (χ4n) is 1.73. The molecule has 3 rings (SSSR count). The maximum absolute atomic E-state index is 9.32. The van der Waals surface area contributed by atoms with Crippen LogP contribution in [0.1, 0.15) is 5.69 Å². The summed E-state index contributed by atoms with van der Waals surface area (Å²) in [4.78, 5) is 4.09. The van der Waals surface area contributed by atoms with Crippen molar-refractivity contribution in [2.45, 2.75) is 6.54 Å². The predicted molar refractivity (Wildman–Crippen MR) is 52.6 cm³/mol. The summed E-state index contributed by atoms with van der Waals surface area (Å²) in [5.74, 6) is 0.278. The molecule has 2 heterocycles. The van der Waals surface area contributed by atoms with Crippen molar-refractivity contribution in [1.82, 2.24) is 9.55 Å². The Hall–Kier alpha value is -1.97. The van der Waals surface area contributed by atoms with Crippen molar-refractivity contribution >= 4 is 5.69 Å². The zero-order valence-corrected chi connectivity index (χ0v) is 7.44. The van der Waals surface area contributed by atoms with Crippen LogP contribution in [0.15, 0.2) is 30.7 Å². The van der Waals surface area contributed by atoms with Gasteiger partial charge in [0.1, 0.15) is 5.75 Å². The van der Waals surface area contributed by atoms with E-state index in [2.05, 4.69) is 10.3 Å². The van der Waals surface area contributed by atoms with Gasteiger partial charge in [0, 0.05) is 6.07 Å². The highest BCUT2D eigenvalue weighted by Crippen LogP contribution is 2.29. The third-order valence-electron chi connectivity index (χ3n) is 2.41. The van der Waals surface area contributed by atoms with Gasteiger partial charge < -0.3 is 10.4 Å². The molecule has 2 aromatic rings. The Balaban J connectivity index is 2.26. The molecule has 0 unspecified atom stereocenters. The average molecular weight is 187 g/mol. The SMILES string of the molecule is Oc1ccc2c(c1)NCc1cncn1-2. The fraction of sp³-hybridized carbons (Fsp3) is 0.100. The maximum Gasteiger partial charge on any atom is 0.117 e. The van der Waals surface area contributed by atoms with E-state index in [1.54, 1.807) is 18.5 Å². The Morgan fingerprint density at radius 3 is 3.29 bits per heavy atom. The van der Waals surface area contributed by atoms with Crippen LogP contribution in [0, 0.1) is 0 Å². The highest BCUT2D eigenvalue weighted by Gasteiger charge is 2.14. The van der Waals surface area contributed by atoms with Crippen molar-refractivity contribution < 1.29 is 5.11 Å². The van der Waals surface area contributed by atoms with E-state index >= 15 is 0 Å². The van der Waals surface area contributed by atoms with Crippen molar-refractivity contribution in [2.24, 2.45) is 0 Å². The standard InChI is InChI=1S/C10H9N3O/c14-8-1-2-10-9(3-8)12-5-7-4-11-6-13(7)10/h1-4,6,12,14H,5H2. The van der Waals surface area contributed by atoms with Crippen molar-refractivity contribution in [2.75, 3.05) is 5.32 Å². The highest BCUT2D eigenvalue weighted by atomic mass is 16.3. The third-order valence-corrected chi connectivity index (χ3v) is 2.41. The monoisotopic (exact) mass is 187 g/mol. The third kappa shape index (κ3) is 0.907. The van der Waals surface area contributed by atoms with Crippen molar-refractivity contribution in [1.29, 1.82) is 0 Å². The predicted octanol–water partition coefficient (Wildman–Crippen LogP) is 1.50. The van der Waals surface area contributed by atoms with Gasteiger partial charge in [0.25, 0.3) is 0 Å². The minimum atomic E-state index is 0.278. The van der Waals surface area contributed by atoms with Crippen LogP contribution in [0.25, 0.3) is 5.69 Å². The van der Waals surface area contributed by atoms with Gasteiger partial charge in [-0.15, -0.1) is 0 Å². The van der Waals surface area contributed by atoms with Crippen LogP contribution in [0.5, 0.6) is 5.75 Å². The van der Waals surface area contributed by atoms with Gasteiger partial charge >= 0.3 is 0 Å². The largest absolute Gasteiger partial charge is 0.508 e. The average Bonchev–Trinajstić information content (AvgIpc) is 2.65. The van der Waals surface area contributed by atoms with Crippen molar-refractivity contribution in [3.63, 3.8) is 0 Å². The summed E-state index contributed by atoms with van der Waals surface area (Å²) in [6.45, 7) is 0.746. The van der Waals surface area contributed by atoms with Crippen LogP contribution < -0.4 is 5.32 Å². The van der Waals surface area contributed by atoms with E-state index in [9.17, 15) is 5.11 Å². The van der Waals surface area contributed by atoms with Crippen LogP contribution in [0.3, 0.4) is 0 Å². The first-order valence-corrected chi connectivity index (χ1v) is 4.43. The van der Waals surface area contributed by atoms with Crippen LogP contribution in [0.2, 0.25) is 0 Å². The number of nitrogens with zero attached hydrogens (tertiary/aromatic N) is 2. The molecule has 14 heavy (non-hydrogen) atoms. The van der Waals surface area contributed by atoms with Crippen LogP contribution in [-0.2, 0) is 6.54 Å². The number of nitrogens with one attached hydrogen (secondary N) is 1. The lowest BCUT2D eigenvalue weighted by atomic mass is 10.2. The van der Waals surface area contributed by atoms with E-state index in [1.165, 1.54) is 0 Å². The molecule has 0 spiro atoms. The van der Waals surface area contributed by atoms with E-state index in [4.69, 9.17) is 0 Å². The van der Waals surface area contributed by atoms with Crippen LogP contribution >= 0.6 is 0 Å². The number of fused-ring (bicyclic) bond motifs is 3. The molecule has 0 fully saturated rings. The number of rotatable bonds is 0. The second-order valence-corrected chi connectivity index (χ2v) is 3.31. The number of phenolic OH excluding ortho intramolecular Hbond substituents is 1. The maximum atomic E-state index is 9.32. The lowest BCUT2D eigenvalue weighted by Crippen LogP contribution is -2.13. The first kappa shape index (κ1) is 7.44. The summed E-state index contributed by atoms with van der Waals surface area (Å²) >= 11 is 0. The summed E-state index contributed by atoms with van der Waals surface area (Å²) < 4.78 is 2.02. The first-order valence-electron chi connectivity index (χ1n) is 4.43. The van der Waals surface area contributed by atoms with E-state index in [-0.39, 0.29) is 5.75 Å². The smallest absolute Gasteiger partial charge is 0.117 e. The summed E-state index contributed by atoms with van der Waals surface area (Å²) in [5, 5.41) is 12.5. The molecule has 0 bridgehead atoms. The Labute approximate surface area is 80.8 Å². The number of anilines is 1. The molecular weight excluding hydrogens is 178 g/mol. The molecule has 0 saturated carbocycles. The number of aromatic nitrogens is 2. The molecule has 0 atom stereocenters. The topological polar surface area (TPSA) is 50.1 Å². The number of hydrogen-bond acceptors (Lipinski definition) is 3. The second-order valence-electron chi connectivity index (χ2n) is 3.31. The molecule has 2 N–H and O–H groups in total. The van der Waals surface area contributed by atoms with Gasteiger partial charge in [-0.05, 0) is 12.1 Å².